The molecule has 21 heavy (non-hydrogen) atoms. The molecule has 0 saturated carbocycles. The Morgan fingerprint density at radius 3 is 2.76 bits per heavy atom. The van der Waals surface area contributed by atoms with Gasteiger partial charge in [0.1, 0.15) is 5.01 Å². The fraction of sp³-hybridized carbons (Fsp3) is 0.188. The van der Waals surface area contributed by atoms with Gasteiger partial charge in [0.2, 0.25) is 0 Å². The maximum atomic E-state index is 12.3. The van der Waals surface area contributed by atoms with Crippen LogP contribution in [0.1, 0.15) is 21.1 Å². The van der Waals surface area contributed by atoms with Crippen molar-refractivity contribution in [2.45, 2.75) is 13.5 Å². The molecule has 0 aliphatic carbocycles. The zero-order valence-corrected chi connectivity index (χ0v) is 12.7. The third-order valence-electron chi connectivity index (χ3n) is 3.22. The Bertz CT molecular complexity index is 747. The van der Waals surface area contributed by atoms with Gasteiger partial charge in [0.15, 0.2) is 0 Å². The first-order valence-electron chi connectivity index (χ1n) is 6.66. The van der Waals surface area contributed by atoms with Crippen LogP contribution >= 0.6 is 11.3 Å². The average Bonchev–Trinajstić information content (AvgIpc) is 2.89. The molecule has 106 valence electrons. The predicted octanol–water partition coefficient (Wildman–Crippen LogP) is 3.27. The summed E-state index contributed by atoms with van der Waals surface area (Å²) < 4.78 is 1.14. The number of thiazole rings is 1. The van der Waals surface area contributed by atoms with Crippen LogP contribution in [0.25, 0.3) is 10.2 Å². The molecular formula is C16H15N3OS. The number of nitrogens with zero attached hydrogens (tertiary/aromatic N) is 3. The van der Waals surface area contributed by atoms with E-state index >= 15 is 0 Å². The quantitative estimate of drug-likeness (QED) is 0.745. The van der Waals surface area contributed by atoms with Crippen LogP contribution in [-0.2, 0) is 6.54 Å². The standard InChI is InChI=1S/C16H15N3OS/c1-11-7-8-12(9-17-11)16(20)19(2)10-15-18-13-5-3-4-6-14(13)21-15/h3-9H,10H2,1-2H3. The van der Waals surface area contributed by atoms with Gasteiger partial charge >= 0.3 is 0 Å². The normalized spacial score (nSPS) is 10.8. The summed E-state index contributed by atoms with van der Waals surface area (Å²) in [6.07, 6.45) is 1.62. The van der Waals surface area contributed by atoms with Gasteiger partial charge in [-0.2, -0.15) is 0 Å². The van der Waals surface area contributed by atoms with E-state index in [0.717, 1.165) is 20.9 Å². The highest BCUT2D eigenvalue weighted by molar-refractivity contribution is 7.18. The van der Waals surface area contributed by atoms with E-state index < -0.39 is 0 Å². The molecule has 0 fully saturated rings. The van der Waals surface area contributed by atoms with Gasteiger partial charge in [-0.1, -0.05) is 12.1 Å². The van der Waals surface area contributed by atoms with Crippen LogP contribution in [-0.4, -0.2) is 27.8 Å². The molecule has 3 rings (SSSR count). The number of aromatic nitrogens is 2. The van der Waals surface area contributed by atoms with E-state index in [1.807, 2.05) is 37.3 Å². The fourth-order valence-electron chi connectivity index (χ4n) is 2.08. The number of carbonyl (C=O) groups excluding carboxylic acids is 1. The summed E-state index contributed by atoms with van der Waals surface area (Å²) in [5.74, 6) is -0.0400. The number of pyridine rings is 1. The van der Waals surface area contributed by atoms with Crippen LogP contribution in [0.4, 0.5) is 0 Å². The topological polar surface area (TPSA) is 46.1 Å². The zero-order valence-electron chi connectivity index (χ0n) is 11.9. The monoisotopic (exact) mass is 297 g/mol. The first kappa shape index (κ1) is 13.7. The molecule has 0 N–H and O–H groups in total. The van der Waals surface area contributed by atoms with Crippen molar-refractivity contribution in [1.82, 2.24) is 14.9 Å². The molecule has 0 radical (unpaired) electrons. The molecule has 5 heteroatoms. The zero-order chi connectivity index (χ0) is 14.8. The van der Waals surface area contributed by atoms with Gasteiger partial charge in [0.05, 0.1) is 22.3 Å². The van der Waals surface area contributed by atoms with Crippen molar-refractivity contribution in [2.75, 3.05) is 7.05 Å². The van der Waals surface area contributed by atoms with Crippen molar-refractivity contribution in [2.24, 2.45) is 0 Å². The highest BCUT2D eigenvalue weighted by atomic mass is 32.1. The molecule has 0 spiro atoms. The van der Waals surface area contributed by atoms with Crippen LogP contribution in [0, 0.1) is 6.92 Å². The van der Waals surface area contributed by atoms with Crippen LogP contribution < -0.4 is 0 Å². The average molecular weight is 297 g/mol. The van der Waals surface area contributed by atoms with E-state index in [1.54, 1.807) is 35.5 Å². The molecular weight excluding hydrogens is 282 g/mol. The van der Waals surface area contributed by atoms with Crippen molar-refractivity contribution in [3.63, 3.8) is 0 Å². The minimum Gasteiger partial charge on any atom is -0.335 e. The van der Waals surface area contributed by atoms with Crippen LogP contribution in [0.3, 0.4) is 0 Å². The molecule has 0 aliphatic heterocycles. The van der Waals surface area contributed by atoms with Crippen molar-refractivity contribution in [3.8, 4) is 0 Å². The van der Waals surface area contributed by atoms with Gasteiger partial charge in [0.25, 0.3) is 5.91 Å². The van der Waals surface area contributed by atoms with Crippen LogP contribution in [0.15, 0.2) is 42.6 Å². The molecule has 4 nitrogen and oxygen atoms in total. The maximum Gasteiger partial charge on any atom is 0.255 e. The van der Waals surface area contributed by atoms with Gasteiger partial charge < -0.3 is 4.90 Å². The molecule has 1 amide bonds. The van der Waals surface area contributed by atoms with Crippen molar-refractivity contribution in [3.05, 3.63) is 58.9 Å². The summed E-state index contributed by atoms with van der Waals surface area (Å²) in [5.41, 5.74) is 2.49. The molecule has 0 unspecified atom stereocenters. The minimum atomic E-state index is -0.0400. The number of hydrogen-bond acceptors (Lipinski definition) is 4. The number of rotatable bonds is 3. The van der Waals surface area contributed by atoms with Gasteiger partial charge in [-0.3, -0.25) is 9.78 Å². The van der Waals surface area contributed by atoms with Crippen molar-refractivity contribution >= 4 is 27.5 Å². The molecule has 0 saturated heterocycles. The Labute approximate surface area is 127 Å². The summed E-state index contributed by atoms with van der Waals surface area (Å²) in [6.45, 7) is 2.41. The first-order chi connectivity index (χ1) is 10.1. The van der Waals surface area contributed by atoms with E-state index in [-0.39, 0.29) is 5.91 Å². The molecule has 1 aromatic carbocycles. The lowest BCUT2D eigenvalue weighted by Gasteiger charge is -2.15. The highest BCUT2D eigenvalue weighted by Gasteiger charge is 2.14. The van der Waals surface area contributed by atoms with E-state index in [9.17, 15) is 4.79 Å². The van der Waals surface area contributed by atoms with E-state index in [4.69, 9.17) is 0 Å². The highest BCUT2D eigenvalue weighted by Crippen LogP contribution is 2.22. The van der Waals surface area contributed by atoms with Gasteiger partial charge in [-0.05, 0) is 31.2 Å². The van der Waals surface area contributed by atoms with Crippen molar-refractivity contribution in [1.29, 1.82) is 0 Å². The van der Waals surface area contributed by atoms with E-state index in [2.05, 4.69) is 9.97 Å². The first-order valence-corrected chi connectivity index (χ1v) is 7.48. The van der Waals surface area contributed by atoms with E-state index in [0.29, 0.717) is 12.1 Å². The van der Waals surface area contributed by atoms with Crippen molar-refractivity contribution < 1.29 is 4.79 Å². The lowest BCUT2D eigenvalue weighted by atomic mass is 10.2. The number of amides is 1. The summed E-state index contributed by atoms with van der Waals surface area (Å²) in [5, 5.41) is 0.937. The van der Waals surface area contributed by atoms with E-state index in [1.165, 1.54) is 0 Å². The molecule has 2 aromatic heterocycles. The lowest BCUT2D eigenvalue weighted by Crippen LogP contribution is -2.26. The summed E-state index contributed by atoms with van der Waals surface area (Å²) >= 11 is 1.62. The Morgan fingerprint density at radius 1 is 1.24 bits per heavy atom. The number of aryl methyl sites for hydroxylation is 1. The number of carbonyl (C=O) groups is 1. The number of fused-ring (bicyclic) bond motifs is 1. The third kappa shape index (κ3) is 2.92. The number of hydrogen-bond donors (Lipinski definition) is 0. The Kier molecular flexibility index (Phi) is 3.66. The summed E-state index contributed by atoms with van der Waals surface area (Å²) in [4.78, 5) is 22.7. The van der Waals surface area contributed by atoms with Crippen LogP contribution in [0.5, 0.6) is 0 Å². The molecule has 2 heterocycles. The smallest absolute Gasteiger partial charge is 0.255 e. The Hall–Kier alpha value is -2.27. The molecule has 0 bridgehead atoms. The Morgan fingerprint density at radius 2 is 2.05 bits per heavy atom. The maximum absolute atomic E-state index is 12.3. The second kappa shape index (κ2) is 5.61. The van der Waals surface area contributed by atoms with Gasteiger partial charge in [-0.25, -0.2) is 4.98 Å². The molecule has 3 aromatic rings. The lowest BCUT2D eigenvalue weighted by molar-refractivity contribution is 0.0784. The third-order valence-corrected chi connectivity index (χ3v) is 4.24. The number of benzene rings is 1. The predicted molar refractivity (Wildman–Crippen MR) is 84.4 cm³/mol. The van der Waals surface area contributed by atoms with Gasteiger partial charge in [-0.15, -0.1) is 11.3 Å². The second-order valence-electron chi connectivity index (χ2n) is 4.92. The fourth-order valence-corrected chi connectivity index (χ4v) is 3.10. The summed E-state index contributed by atoms with van der Waals surface area (Å²) in [6, 6.07) is 11.7. The number of para-hydroxylation sites is 1. The largest absolute Gasteiger partial charge is 0.335 e. The van der Waals surface area contributed by atoms with Gasteiger partial charge in [0, 0.05) is 18.9 Å². The molecule has 0 atom stereocenters. The Balaban J connectivity index is 1.77. The molecule has 0 aliphatic rings. The van der Waals surface area contributed by atoms with Crippen LogP contribution in [0.2, 0.25) is 0 Å². The second-order valence-corrected chi connectivity index (χ2v) is 6.04. The SMILES string of the molecule is Cc1ccc(C(=O)N(C)Cc2nc3ccccc3s2)cn1. The summed E-state index contributed by atoms with van der Waals surface area (Å²) in [7, 11) is 1.79. The minimum absolute atomic E-state index is 0.0400.